The second-order valence-electron chi connectivity index (χ2n) is 5.07. The molecule has 3 rings (SSSR count). The van der Waals surface area contributed by atoms with Crippen LogP contribution in [-0.4, -0.2) is 22.5 Å². The van der Waals surface area contributed by atoms with Crippen LogP contribution in [0.25, 0.3) is 0 Å². The highest BCUT2D eigenvalue weighted by atomic mass is 32.2. The minimum atomic E-state index is -0.378. The predicted molar refractivity (Wildman–Crippen MR) is 95.1 cm³/mol. The Labute approximate surface area is 151 Å². The molecule has 1 N–H and O–H groups in total. The van der Waals surface area contributed by atoms with Gasteiger partial charge in [-0.25, -0.2) is 8.78 Å². The Balaban J connectivity index is 1.50. The second kappa shape index (κ2) is 8.17. The summed E-state index contributed by atoms with van der Waals surface area (Å²) in [6.07, 6.45) is 0. The van der Waals surface area contributed by atoms with Crippen molar-refractivity contribution >= 4 is 34.0 Å². The first-order valence-corrected chi connectivity index (χ1v) is 9.14. The third-order valence-electron chi connectivity index (χ3n) is 3.25. The molecule has 0 spiro atoms. The van der Waals surface area contributed by atoms with Gasteiger partial charge in [-0.15, -0.1) is 10.2 Å². The molecule has 0 amide bonds. The van der Waals surface area contributed by atoms with Crippen LogP contribution in [0.2, 0.25) is 0 Å². The number of Topliss-reactive ketones (excluding diaryl/α,β-unsaturated/α-hetero) is 1. The number of halogens is 2. The van der Waals surface area contributed by atoms with E-state index >= 15 is 0 Å². The number of nitrogens with one attached hydrogen (secondary N) is 1. The van der Waals surface area contributed by atoms with Gasteiger partial charge in [-0.2, -0.15) is 0 Å². The minimum Gasteiger partial charge on any atom is -0.353 e. The van der Waals surface area contributed by atoms with E-state index in [1.807, 2.05) is 0 Å². The Morgan fingerprint density at radius 2 is 1.64 bits per heavy atom. The zero-order valence-corrected chi connectivity index (χ0v) is 14.5. The molecule has 128 valence electrons. The lowest BCUT2D eigenvalue weighted by atomic mass is 10.1. The molecule has 0 unspecified atom stereocenters. The molecule has 0 aliphatic heterocycles. The number of ketones is 1. The van der Waals surface area contributed by atoms with E-state index < -0.39 is 0 Å². The molecule has 0 aliphatic carbocycles. The summed E-state index contributed by atoms with van der Waals surface area (Å²) in [4.78, 5) is 12.0. The highest BCUT2D eigenvalue weighted by Gasteiger charge is 2.09. The zero-order chi connectivity index (χ0) is 17.6. The van der Waals surface area contributed by atoms with Crippen LogP contribution in [0.3, 0.4) is 0 Å². The van der Waals surface area contributed by atoms with Gasteiger partial charge in [0, 0.05) is 11.3 Å². The topological polar surface area (TPSA) is 54.9 Å². The predicted octanol–water partition coefficient (Wildman–Crippen LogP) is 4.40. The number of carbonyl (C=O) groups is 1. The molecule has 1 aromatic heterocycles. The van der Waals surface area contributed by atoms with E-state index in [0.29, 0.717) is 16.4 Å². The number of nitrogens with zero attached hydrogens (tertiary/aromatic N) is 2. The molecule has 3 aromatic rings. The van der Waals surface area contributed by atoms with Gasteiger partial charge in [0.2, 0.25) is 5.13 Å². The van der Waals surface area contributed by atoms with E-state index in [2.05, 4.69) is 15.5 Å². The van der Waals surface area contributed by atoms with Crippen molar-refractivity contribution in [2.24, 2.45) is 0 Å². The molecular formula is C17H13F2N3OS2. The Morgan fingerprint density at radius 3 is 2.32 bits per heavy atom. The number of hydrogen-bond donors (Lipinski definition) is 1. The van der Waals surface area contributed by atoms with Crippen LogP contribution in [0.5, 0.6) is 0 Å². The van der Waals surface area contributed by atoms with Crippen molar-refractivity contribution in [3.8, 4) is 0 Å². The van der Waals surface area contributed by atoms with Crippen LogP contribution < -0.4 is 5.32 Å². The molecule has 0 radical (unpaired) electrons. The maximum atomic E-state index is 12.9. The summed E-state index contributed by atoms with van der Waals surface area (Å²) in [5, 5.41) is 11.5. The SMILES string of the molecule is O=C(CNc1nnc(SCc2ccc(F)cc2)s1)c1ccc(F)cc1. The van der Waals surface area contributed by atoms with Crippen LogP contribution in [0.15, 0.2) is 52.9 Å². The summed E-state index contributed by atoms with van der Waals surface area (Å²) >= 11 is 2.83. The van der Waals surface area contributed by atoms with Crippen LogP contribution in [0.1, 0.15) is 15.9 Å². The molecule has 0 atom stereocenters. The molecule has 25 heavy (non-hydrogen) atoms. The van der Waals surface area contributed by atoms with E-state index in [9.17, 15) is 13.6 Å². The first-order valence-electron chi connectivity index (χ1n) is 7.33. The molecule has 2 aromatic carbocycles. The Morgan fingerprint density at radius 1 is 1.00 bits per heavy atom. The summed E-state index contributed by atoms with van der Waals surface area (Å²) in [5.74, 6) is -0.141. The van der Waals surface area contributed by atoms with Crippen molar-refractivity contribution in [1.29, 1.82) is 0 Å². The number of hydrogen-bond acceptors (Lipinski definition) is 6. The van der Waals surface area contributed by atoms with Crippen LogP contribution in [-0.2, 0) is 5.75 Å². The fourth-order valence-corrected chi connectivity index (χ4v) is 3.66. The zero-order valence-electron chi connectivity index (χ0n) is 12.9. The van der Waals surface area contributed by atoms with E-state index in [1.165, 1.54) is 59.5 Å². The Bertz CT molecular complexity index is 851. The maximum absolute atomic E-state index is 12.9. The molecule has 0 bridgehead atoms. The lowest BCUT2D eigenvalue weighted by Crippen LogP contribution is -2.13. The lowest BCUT2D eigenvalue weighted by Gasteiger charge is -2.01. The molecule has 0 aliphatic rings. The maximum Gasteiger partial charge on any atom is 0.206 e. The van der Waals surface area contributed by atoms with Gasteiger partial charge in [-0.3, -0.25) is 4.79 Å². The molecule has 0 saturated heterocycles. The monoisotopic (exact) mass is 377 g/mol. The molecule has 0 fully saturated rings. The number of anilines is 1. The molecule has 4 nitrogen and oxygen atoms in total. The smallest absolute Gasteiger partial charge is 0.206 e. The number of thioether (sulfide) groups is 1. The molecule has 0 saturated carbocycles. The van der Waals surface area contributed by atoms with Crippen molar-refractivity contribution in [1.82, 2.24) is 10.2 Å². The van der Waals surface area contributed by atoms with Crippen molar-refractivity contribution in [2.75, 3.05) is 11.9 Å². The molecule has 1 heterocycles. The third-order valence-corrected chi connectivity index (χ3v) is 5.33. The van der Waals surface area contributed by atoms with Crippen LogP contribution in [0.4, 0.5) is 13.9 Å². The highest BCUT2D eigenvalue weighted by molar-refractivity contribution is 8.00. The van der Waals surface area contributed by atoms with Gasteiger partial charge in [0.25, 0.3) is 0 Å². The van der Waals surface area contributed by atoms with Gasteiger partial charge in [-0.05, 0) is 42.0 Å². The van der Waals surface area contributed by atoms with Crippen molar-refractivity contribution in [3.05, 3.63) is 71.3 Å². The van der Waals surface area contributed by atoms with E-state index in [4.69, 9.17) is 0 Å². The number of rotatable bonds is 7. The number of carbonyl (C=O) groups excluding carboxylic acids is 1. The normalized spacial score (nSPS) is 10.6. The fraction of sp³-hybridized carbons (Fsp3) is 0.118. The Kier molecular flexibility index (Phi) is 5.72. The van der Waals surface area contributed by atoms with Gasteiger partial charge in [0.15, 0.2) is 10.1 Å². The number of aromatic nitrogens is 2. The molecular weight excluding hydrogens is 364 g/mol. The van der Waals surface area contributed by atoms with Crippen molar-refractivity contribution < 1.29 is 13.6 Å². The minimum absolute atomic E-state index is 0.0584. The second-order valence-corrected chi connectivity index (χ2v) is 7.27. The van der Waals surface area contributed by atoms with Gasteiger partial charge in [0.05, 0.1) is 6.54 Å². The summed E-state index contributed by atoms with van der Waals surface area (Å²) in [6.45, 7) is 0.0584. The average molecular weight is 377 g/mol. The number of benzene rings is 2. The van der Waals surface area contributed by atoms with Gasteiger partial charge in [0.1, 0.15) is 11.6 Å². The largest absolute Gasteiger partial charge is 0.353 e. The van der Waals surface area contributed by atoms with Crippen molar-refractivity contribution in [3.63, 3.8) is 0 Å². The highest BCUT2D eigenvalue weighted by Crippen LogP contribution is 2.28. The first kappa shape index (κ1) is 17.5. The van der Waals surface area contributed by atoms with E-state index in [0.717, 1.165) is 9.90 Å². The summed E-state index contributed by atoms with van der Waals surface area (Å²) < 4.78 is 26.5. The van der Waals surface area contributed by atoms with Crippen LogP contribution >= 0.6 is 23.1 Å². The summed E-state index contributed by atoms with van der Waals surface area (Å²) in [6, 6.07) is 11.7. The van der Waals surface area contributed by atoms with Gasteiger partial charge < -0.3 is 5.32 Å². The lowest BCUT2D eigenvalue weighted by molar-refractivity contribution is 0.101. The standard InChI is InChI=1S/C17H13F2N3OS2/c18-13-5-1-11(2-6-13)10-24-17-22-21-16(25-17)20-9-15(23)12-3-7-14(19)8-4-12/h1-8H,9-10H2,(H,20,21). The van der Waals surface area contributed by atoms with Gasteiger partial charge >= 0.3 is 0 Å². The first-order chi connectivity index (χ1) is 12.1. The average Bonchev–Trinajstić information content (AvgIpc) is 3.08. The van der Waals surface area contributed by atoms with Crippen molar-refractivity contribution in [2.45, 2.75) is 10.1 Å². The van der Waals surface area contributed by atoms with E-state index in [-0.39, 0.29) is 24.0 Å². The summed E-state index contributed by atoms with van der Waals surface area (Å²) in [7, 11) is 0. The van der Waals surface area contributed by atoms with Crippen LogP contribution in [0, 0.1) is 11.6 Å². The summed E-state index contributed by atoms with van der Waals surface area (Å²) in [5.41, 5.74) is 1.42. The fourth-order valence-electron chi connectivity index (χ4n) is 1.96. The van der Waals surface area contributed by atoms with Gasteiger partial charge in [-0.1, -0.05) is 35.2 Å². The third kappa shape index (κ3) is 5.07. The Hall–Kier alpha value is -2.32. The van der Waals surface area contributed by atoms with E-state index in [1.54, 1.807) is 12.1 Å². The molecule has 8 heteroatoms. The quantitative estimate of drug-likeness (QED) is 0.488.